The number of esters is 2. The van der Waals surface area contributed by atoms with E-state index in [2.05, 4.69) is 13.8 Å². The van der Waals surface area contributed by atoms with Gasteiger partial charge in [-0.3, -0.25) is 9.59 Å². The highest BCUT2D eigenvalue weighted by Gasteiger charge is 2.11. The van der Waals surface area contributed by atoms with Gasteiger partial charge in [-0.25, -0.2) is 0 Å². The highest BCUT2D eigenvalue weighted by molar-refractivity contribution is 5.74. The summed E-state index contributed by atoms with van der Waals surface area (Å²) in [5, 5.41) is 0. The summed E-state index contributed by atoms with van der Waals surface area (Å²) in [5.74, 6) is 0.445. The molecule has 0 aliphatic rings. The van der Waals surface area contributed by atoms with Crippen molar-refractivity contribution in [3.05, 3.63) is 29.8 Å². The summed E-state index contributed by atoms with van der Waals surface area (Å²) >= 11 is 0. The number of unbranched alkanes of at least 4 members (excludes halogenated alkanes) is 1. The van der Waals surface area contributed by atoms with Crippen LogP contribution < -0.4 is 4.74 Å². The molecule has 4 heteroatoms. The molecule has 0 aromatic heterocycles. The normalized spacial score (nSPS) is 11.8. The van der Waals surface area contributed by atoms with Crippen LogP contribution in [0, 0.1) is 12.8 Å². The number of hydrogen-bond acceptors (Lipinski definition) is 4. The first-order valence-electron chi connectivity index (χ1n) is 8.98. The van der Waals surface area contributed by atoms with Gasteiger partial charge in [0.25, 0.3) is 0 Å². The highest BCUT2D eigenvalue weighted by Crippen LogP contribution is 2.15. The molecule has 1 aromatic rings. The number of carbonyl (C=O) groups is 2. The average Bonchev–Trinajstić information content (AvgIpc) is 2.55. The lowest BCUT2D eigenvalue weighted by atomic mass is 10.0. The Bertz CT molecular complexity index is 510. The fourth-order valence-electron chi connectivity index (χ4n) is 2.42. The number of aryl methyl sites for hydroxylation is 1. The fourth-order valence-corrected chi connectivity index (χ4v) is 2.42. The largest absolute Gasteiger partial charge is 0.465 e. The molecule has 0 fully saturated rings. The first-order valence-corrected chi connectivity index (χ1v) is 8.98. The molecule has 24 heavy (non-hydrogen) atoms. The first kappa shape index (κ1) is 20.2. The zero-order valence-corrected chi connectivity index (χ0v) is 15.2. The van der Waals surface area contributed by atoms with Gasteiger partial charge < -0.3 is 9.47 Å². The molecule has 0 aliphatic heterocycles. The molecule has 0 saturated carbocycles. The summed E-state index contributed by atoms with van der Waals surface area (Å²) in [6, 6.07) is 7.35. The quantitative estimate of drug-likeness (QED) is 0.429. The van der Waals surface area contributed by atoms with Crippen LogP contribution in [0.5, 0.6) is 5.75 Å². The maximum Gasteiger partial charge on any atom is 0.311 e. The molecule has 0 aliphatic carbocycles. The van der Waals surface area contributed by atoms with Crippen LogP contribution in [0.3, 0.4) is 0 Å². The van der Waals surface area contributed by atoms with Crippen LogP contribution in [0.15, 0.2) is 24.3 Å². The van der Waals surface area contributed by atoms with E-state index in [-0.39, 0.29) is 24.8 Å². The van der Waals surface area contributed by atoms with E-state index < -0.39 is 0 Å². The van der Waals surface area contributed by atoms with Gasteiger partial charge in [0.1, 0.15) is 5.75 Å². The molecule has 1 atom stereocenters. The summed E-state index contributed by atoms with van der Waals surface area (Å²) in [6.07, 6.45) is 5.38. The summed E-state index contributed by atoms with van der Waals surface area (Å²) < 4.78 is 10.6. The highest BCUT2D eigenvalue weighted by atomic mass is 16.5. The van der Waals surface area contributed by atoms with Crippen LogP contribution in [-0.4, -0.2) is 18.5 Å². The van der Waals surface area contributed by atoms with Crippen LogP contribution in [0.2, 0.25) is 0 Å². The number of ether oxygens (including phenoxy) is 2. The maximum atomic E-state index is 11.8. The van der Waals surface area contributed by atoms with Crippen molar-refractivity contribution in [1.29, 1.82) is 0 Å². The lowest BCUT2D eigenvalue weighted by molar-refractivity contribution is -0.145. The van der Waals surface area contributed by atoms with Gasteiger partial charge in [-0.15, -0.1) is 0 Å². The van der Waals surface area contributed by atoms with E-state index in [1.54, 1.807) is 6.07 Å². The Balaban J connectivity index is 2.19. The third-order valence-electron chi connectivity index (χ3n) is 4.01. The predicted octanol–water partition coefficient (Wildman–Crippen LogP) is 4.83. The lowest BCUT2D eigenvalue weighted by Gasteiger charge is -2.14. The molecular formula is C20H30O4. The third kappa shape index (κ3) is 8.70. The monoisotopic (exact) mass is 334 g/mol. The molecule has 0 amide bonds. The standard InChI is InChI=1S/C20H30O4/c1-4-6-10-17(5-2)15-23-19(21)12-8-13-20(22)24-18-11-7-9-16(3)14-18/h7,9,11,14,17H,4-6,8,10,12-13,15H2,1-3H3. The molecule has 0 heterocycles. The molecule has 0 N–H and O–H groups in total. The third-order valence-corrected chi connectivity index (χ3v) is 4.01. The summed E-state index contributed by atoms with van der Waals surface area (Å²) in [5.41, 5.74) is 1.04. The van der Waals surface area contributed by atoms with E-state index in [4.69, 9.17) is 9.47 Å². The van der Waals surface area contributed by atoms with Crippen molar-refractivity contribution in [1.82, 2.24) is 0 Å². The molecule has 0 radical (unpaired) electrons. The molecule has 0 spiro atoms. The SMILES string of the molecule is CCCCC(CC)COC(=O)CCCC(=O)Oc1cccc(C)c1. The number of rotatable bonds is 11. The summed E-state index contributed by atoms with van der Waals surface area (Å²) in [4.78, 5) is 23.5. The minimum atomic E-state index is -0.317. The molecule has 0 saturated heterocycles. The van der Waals surface area contributed by atoms with Crippen LogP contribution in [0.4, 0.5) is 0 Å². The Morgan fingerprint density at radius 2 is 1.83 bits per heavy atom. The second kappa shape index (κ2) is 11.7. The molecule has 4 nitrogen and oxygen atoms in total. The Hall–Kier alpha value is -1.84. The van der Waals surface area contributed by atoms with E-state index in [1.165, 1.54) is 6.42 Å². The van der Waals surface area contributed by atoms with Crippen LogP contribution >= 0.6 is 0 Å². The summed E-state index contributed by atoms with van der Waals surface area (Å²) in [6.45, 7) is 6.71. The Morgan fingerprint density at radius 1 is 1.08 bits per heavy atom. The number of carbonyl (C=O) groups excluding carboxylic acids is 2. The number of benzene rings is 1. The van der Waals surface area contributed by atoms with Crippen molar-refractivity contribution < 1.29 is 19.1 Å². The van der Waals surface area contributed by atoms with Gasteiger partial charge in [0, 0.05) is 12.8 Å². The lowest BCUT2D eigenvalue weighted by Crippen LogP contribution is -2.14. The molecule has 0 bridgehead atoms. The van der Waals surface area contributed by atoms with Gasteiger partial charge in [0.05, 0.1) is 6.61 Å². The molecule has 1 aromatic carbocycles. The second-order valence-electron chi connectivity index (χ2n) is 6.24. The number of hydrogen-bond donors (Lipinski definition) is 0. The van der Waals surface area contributed by atoms with Gasteiger partial charge in [0.2, 0.25) is 0 Å². The van der Waals surface area contributed by atoms with Gasteiger partial charge in [-0.2, -0.15) is 0 Å². The van der Waals surface area contributed by atoms with Gasteiger partial charge in [0.15, 0.2) is 0 Å². The van der Waals surface area contributed by atoms with Gasteiger partial charge in [-0.05, 0) is 43.4 Å². The van der Waals surface area contributed by atoms with Gasteiger partial charge >= 0.3 is 11.9 Å². The second-order valence-corrected chi connectivity index (χ2v) is 6.24. The van der Waals surface area contributed by atoms with Crippen molar-refractivity contribution in [3.8, 4) is 5.75 Å². The van der Waals surface area contributed by atoms with Crippen molar-refractivity contribution in [3.63, 3.8) is 0 Å². The van der Waals surface area contributed by atoms with Crippen LogP contribution in [0.25, 0.3) is 0 Å². The smallest absolute Gasteiger partial charge is 0.311 e. The fraction of sp³-hybridized carbons (Fsp3) is 0.600. The molecule has 134 valence electrons. The van der Waals surface area contributed by atoms with E-state index >= 15 is 0 Å². The first-order chi connectivity index (χ1) is 11.5. The van der Waals surface area contributed by atoms with E-state index in [0.717, 1.165) is 24.8 Å². The van der Waals surface area contributed by atoms with Crippen molar-refractivity contribution >= 4 is 11.9 Å². The van der Waals surface area contributed by atoms with Crippen molar-refractivity contribution in [2.75, 3.05) is 6.61 Å². The zero-order chi connectivity index (χ0) is 17.8. The predicted molar refractivity (Wildman–Crippen MR) is 94.9 cm³/mol. The van der Waals surface area contributed by atoms with Crippen molar-refractivity contribution in [2.45, 2.75) is 65.7 Å². The Kier molecular flexibility index (Phi) is 9.81. The minimum Gasteiger partial charge on any atom is -0.465 e. The molecule has 1 unspecified atom stereocenters. The Morgan fingerprint density at radius 3 is 2.50 bits per heavy atom. The van der Waals surface area contributed by atoms with Crippen molar-refractivity contribution in [2.24, 2.45) is 5.92 Å². The topological polar surface area (TPSA) is 52.6 Å². The average molecular weight is 334 g/mol. The molecule has 1 rings (SSSR count). The minimum absolute atomic E-state index is 0.218. The van der Waals surface area contributed by atoms with Gasteiger partial charge in [-0.1, -0.05) is 45.2 Å². The van der Waals surface area contributed by atoms with E-state index in [0.29, 0.717) is 24.7 Å². The van der Waals surface area contributed by atoms with Crippen LogP contribution in [-0.2, 0) is 14.3 Å². The maximum absolute atomic E-state index is 11.8. The Labute approximate surface area is 145 Å². The van der Waals surface area contributed by atoms with E-state index in [1.807, 2.05) is 25.1 Å². The van der Waals surface area contributed by atoms with Crippen LogP contribution in [0.1, 0.15) is 64.4 Å². The summed E-state index contributed by atoms with van der Waals surface area (Å²) in [7, 11) is 0. The van der Waals surface area contributed by atoms with E-state index in [9.17, 15) is 9.59 Å². The zero-order valence-electron chi connectivity index (χ0n) is 15.2. The molecular weight excluding hydrogens is 304 g/mol.